The van der Waals surface area contributed by atoms with Gasteiger partial charge in [-0.3, -0.25) is 0 Å². The number of fused-ring (bicyclic) bond motifs is 3. The van der Waals surface area contributed by atoms with Crippen molar-refractivity contribution in [2.75, 3.05) is 11.4 Å². The van der Waals surface area contributed by atoms with Crippen molar-refractivity contribution in [1.82, 2.24) is 5.16 Å². The van der Waals surface area contributed by atoms with Crippen LogP contribution in [0.15, 0.2) is 40.9 Å². The smallest absolute Gasteiger partial charge is 0.338 e. The van der Waals surface area contributed by atoms with Crippen molar-refractivity contribution in [2.24, 2.45) is 5.92 Å². The van der Waals surface area contributed by atoms with Crippen molar-refractivity contribution in [3.8, 4) is 11.3 Å². The first kappa shape index (κ1) is 21.7. The molecule has 6 nitrogen and oxygen atoms in total. The largest absolute Gasteiger partial charge is 0.457 e. The summed E-state index contributed by atoms with van der Waals surface area (Å²) in [5, 5.41) is 5.50. The van der Waals surface area contributed by atoms with Crippen molar-refractivity contribution in [3.63, 3.8) is 0 Å². The predicted molar refractivity (Wildman–Crippen MR) is 132 cm³/mol. The zero-order chi connectivity index (χ0) is 23.7. The third-order valence-electron chi connectivity index (χ3n) is 7.88. The Labute approximate surface area is 213 Å². The number of esters is 1. The van der Waals surface area contributed by atoms with E-state index in [0.29, 0.717) is 58.0 Å². The minimum absolute atomic E-state index is 0.187. The summed E-state index contributed by atoms with van der Waals surface area (Å²) >= 11 is 13.0. The minimum Gasteiger partial charge on any atom is -0.457 e. The van der Waals surface area contributed by atoms with Gasteiger partial charge in [0.15, 0.2) is 0 Å². The topological polar surface area (TPSA) is 64.8 Å². The highest BCUT2D eigenvalue weighted by molar-refractivity contribution is 6.39. The molecule has 8 heteroatoms. The highest BCUT2D eigenvalue weighted by Gasteiger charge is 2.46. The quantitative estimate of drug-likeness (QED) is 0.358. The fraction of sp³-hybridized carbons (Fsp3) is 0.407. The Morgan fingerprint density at radius 1 is 1.11 bits per heavy atom. The molecule has 0 radical (unpaired) electrons. The Morgan fingerprint density at radius 2 is 1.94 bits per heavy atom. The highest BCUT2D eigenvalue weighted by atomic mass is 35.5. The summed E-state index contributed by atoms with van der Waals surface area (Å²) in [5.41, 5.74) is 5.22. The first-order valence-electron chi connectivity index (χ1n) is 12.2. The molecule has 0 amide bonds. The Balaban J connectivity index is 1.08. The van der Waals surface area contributed by atoms with E-state index in [2.05, 4.69) is 16.1 Å². The Bertz CT molecular complexity index is 1310. The number of aromatic nitrogens is 1. The molecule has 2 aliphatic heterocycles. The van der Waals surface area contributed by atoms with E-state index in [1.807, 2.05) is 30.3 Å². The Hall–Kier alpha value is -2.54. The monoisotopic (exact) mass is 510 g/mol. The molecule has 2 saturated carbocycles. The molecule has 0 spiro atoms. The molecular formula is C27H24Cl2N2O4. The van der Waals surface area contributed by atoms with Gasteiger partial charge in [-0.05, 0) is 56.0 Å². The number of carbonyl (C=O) groups excluding carboxylic acids is 1. The molecule has 3 heterocycles. The number of carbonyl (C=O) groups is 1. The van der Waals surface area contributed by atoms with Crippen molar-refractivity contribution in [1.29, 1.82) is 0 Å². The third kappa shape index (κ3) is 3.65. The van der Waals surface area contributed by atoms with Crippen LogP contribution in [0.5, 0.6) is 0 Å². The molecular weight excluding hydrogens is 487 g/mol. The second-order valence-corrected chi connectivity index (χ2v) is 10.9. The average molecular weight is 511 g/mol. The number of hydrogen-bond donors (Lipinski definition) is 0. The lowest BCUT2D eigenvalue weighted by atomic mass is 10.0. The van der Waals surface area contributed by atoms with E-state index in [0.717, 1.165) is 49.1 Å². The minimum atomic E-state index is -0.222. The van der Waals surface area contributed by atoms with Crippen molar-refractivity contribution in [2.45, 2.75) is 57.0 Å². The Morgan fingerprint density at radius 3 is 2.69 bits per heavy atom. The summed E-state index contributed by atoms with van der Waals surface area (Å²) in [5.74, 6) is 1.56. The van der Waals surface area contributed by atoms with Gasteiger partial charge in [-0.15, -0.1) is 0 Å². The van der Waals surface area contributed by atoms with Crippen LogP contribution in [-0.4, -0.2) is 29.8 Å². The van der Waals surface area contributed by atoms with E-state index in [1.165, 1.54) is 5.69 Å². The third-order valence-corrected chi connectivity index (χ3v) is 8.51. The summed E-state index contributed by atoms with van der Waals surface area (Å²) in [6.07, 6.45) is 4.49. The molecule has 35 heavy (non-hydrogen) atoms. The van der Waals surface area contributed by atoms with Gasteiger partial charge in [0.25, 0.3) is 0 Å². The maximum absolute atomic E-state index is 11.8. The molecule has 3 aromatic rings. The number of cyclic esters (lactones) is 1. The lowest BCUT2D eigenvalue weighted by Crippen LogP contribution is -2.38. The molecule has 180 valence electrons. The number of ether oxygens (including phenoxy) is 2. The second-order valence-electron chi connectivity index (χ2n) is 10.0. The second kappa shape index (κ2) is 8.26. The van der Waals surface area contributed by atoms with Crippen molar-refractivity contribution < 1.29 is 18.8 Å². The van der Waals surface area contributed by atoms with E-state index < -0.39 is 0 Å². The van der Waals surface area contributed by atoms with Crippen LogP contribution >= 0.6 is 23.2 Å². The van der Waals surface area contributed by atoms with Gasteiger partial charge in [0.05, 0.1) is 28.3 Å². The zero-order valence-corrected chi connectivity index (χ0v) is 20.5. The lowest BCUT2D eigenvalue weighted by molar-refractivity contribution is 0.0122. The summed E-state index contributed by atoms with van der Waals surface area (Å²) in [6.45, 7) is 1.76. The van der Waals surface area contributed by atoms with Gasteiger partial charge in [-0.25, -0.2) is 4.79 Å². The van der Waals surface area contributed by atoms with Gasteiger partial charge in [-0.1, -0.05) is 34.4 Å². The number of halogens is 2. The van der Waals surface area contributed by atoms with Gasteiger partial charge in [0, 0.05) is 46.8 Å². The summed E-state index contributed by atoms with van der Waals surface area (Å²) in [7, 11) is 0. The Kier molecular flexibility index (Phi) is 5.12. The van der Waals surface area contributed by atoms with Crippen LogP contribution in [0.3, 0.4) is 0 Å². The van der Waals surface area contributed by atoms with E-state index in [4.69, 9.17) is 37.2 Å². The molecule has 2 aromatic carbocycles. The van der Waals surface area contributed by atoms with Crippen molar-refractivity contribution >= 4 is 34.9 Å². The zero-order valence-electron chi connectivity index (χ0n) is 19.0. The van der Waals surface area contributed by atoms with Gasteiger partial charge in [0.1, 0.15) is 18.1 Å². The maximum atomic E-state index is 11.8. The molecule has 1 saturated heterocycles. The molecule has 2 aliphatic carbocycles. The average Bonchev–Trinajstić information content (AvgIpc) is 3.16. The van der Waals surface area contributed by atoms with Gasteiger partial charge >= 0.3 is 5.97 Å². The van der Waals surface area contributed by atoms with Gasteiger partial charge in [0.2, 0.25) is 0 Å². The standard InChI is InChI=1S/C27H24Cl2N2O4/c28-21-2-1-3-22(29)24(21)25-20(26(35-30-25)14-4-5-14)13-33-23-10-18-8-15(23)11-31(18)17-6-7-19-16(9-17)12-34-27(19)32/h1-3,6-7,9,14-15,18,23H,4-5,8,10-13H2/t15-,18-,23+/m0/s1. The van der Waals surface area contributed by atoms with Crippen LogP contribution in [0, 0.1) is 5.92 Å². The maximum Gasteiger partial charge on any atom is 0.338 e. The number of nitrogens with zero attached hydrogens (tertiary/aromatic N) is 2. The fourth-order valence-corrected chi connectivity index (χ4v) is 6.54. The molecule has 1 aromatic heterocycles. The normalized spacial score (nSPS) is 24.8. The SMILES string of the molecule is O=C1OCc2cc(N3C[C@@H]4C[C@H]3C[C@H]4OCc3c(-c4c(Cl)cccc4Cl)noc3C3CC3)ccc21. The molecule has 0 N–H and O–H groups in total. The van der Waals surface area contributed by atoms with E-state index >= 15 is 0 Å². The first-order valence-corrected chi connectivity index (χ1v) is 12.9. The summed E-state index contributed by atoms with van der Waals surface area (Å²) in [4.78, 5) is 14.2. The molecule has 4 aliphatic rings. The van der Waals surface area contributed by atoms with Crippen LogP contribution in [0.25, 0.3) is 11.3 Å². The highest BCUT2D eigenvalue weighted by Crippen LogP contribution is 2.47. The summed E-state index contributed by atoms with van der Waals surface area (Å²) in [6, 6.07) is 12.0. The number of benzene rings is 2. The fourth-order valence-electron chi connectivity index (χ4n) is 5.96. The number of hydrogen-bond acceptors (Lipinski definition) is 6. The van der Waals surface area contributed by atoms with Gasteiger partial charge in [-0.2, -0.15) is 0 Å². The van der Waals surface area contributed by atoms with Crippen LogP contribution in [0.1, 0.15) is 58.8 Å². The van der Waals surface area contributed by atoms with Crippen LogP contribution in [-0.2, 0) is 22.7 Å². The lowest BCUT2D eigenvalue weighted by Gasteiger charge is -2.33. The van der Waals surface area contributed by atoms with Crippen LogP contribution in [0.4, 0.5) is 5.69 Å². The first-order chi connectivity index (χ1) is 17.1. The number of piperidine rings is 1. The molecule has 7 rings (SSSR count). The molecule has 3 atom stereocenters. The van der Waals surface area contributed by atoms with E-state index in [1.54, 1.807) is 0 Å². The number of rotatable bonds is 6. The van der Waals surface area contributed by atoms with E-state index in [-0.39, 0.29) is 12.1 Å². The molecule has 3 fully saturated rings. The van der Waals surface area contributed by atoms with Crippen molar-refractivity contribution in [3.05, 3.63) is 68.9 Å². The summed E-state index contributed by atoms with van der Waals surface area (Å²) < 4.78 is 17.5. The van der Waals surface area contributed by atoms with E-state index in [9.17, 15) is 4.79 Å². The van der Waals surface area contributed by atoms with Gasteiger partial charge < -0.3 is 18.9 Å². The predicted octanol–water partition coefficient (Wildman–Crippen LogP) is 6.38. The molecule has 2 bridgehead atoms. The molecule has 0 unspecified atom stereocenters. The number of anilines is 1. The van der Waals surface area contributed by atoms with Crippen LogP contribution < -0.4 is 4.90 Å². The van der Waals surface area contributed by atoms with Crippen LogP contribution in [0.2, 0.25) is 10.0 Å².